The van der Waals surface area contributed by atoms with Crippen molar-refractivity contribution in [3.05, 3.63) is 40.1 Å². The molecule has 0 aliphatic carbocycles. The maximum absolute atomic E-state index is 13.4. The van der Waals surface area contributed by atoms with E-state index in [0.717, 1.165) is 0 Å². The molecule has 1 rings (SSSR count). The lowest BCUT2D eigenvalue weighted by atomic mass is 10.1. The predicted octanol–water partition coefficient (Wildman–Crippen LogP) is 3.58. The summed E-state index contributed by atoms with van der Waals surface area (Å²) in [6.45, 7) is 3.16. The van der Waals surface area contributed by atoms with Crippen LogP contribution in [0.3, 0.4) is 0 Å². The van der Waals surface area contributed by atoms with E-state index in [0.29, 0.717) is 15.6 Å². The lowest BCUT2D eigenvalue weighted by Crippen LogP contribution is -1.91. The van der Waals surface area contributed by atoms with E-state index in [4.69, 9.17) is 0 Å². The summed E-state index contributed by atoms with van der Waals surface area (Å²) >= 11 is 3.25. The van der Waals surface area contributed by atoms with Gasteiger partial charge >= 0.3 is 0 Å². The van der Waals surface area contributed by atoms with E-state index in [2.05, 4.69) is 15.9 Å². The summed E-state index contributed by atoms with van der Waals surface area (Å²) in [6.07, 6.45) is 1.42. The van der Waals surface area contributed by atoms with Gasteiger partial charge in [-0.25, -0.2) is 4.39 Å². The van der Waals surface area contributed by atoms with Gasteiger partial charge in [-0.15, -0.1) is 0 Å². The van der Waals surface area contributed by atoms with Crippen LogP contribution >= 0.6 is 15.9 Å². The normalized spacial score (nSPS) is 11.6. The van der Waals surface area contributed by atoms with Gasteiger partial charge in [-0.2, -0.15) is 0 Å². The summed E-state index contributed by atoms with van der Waals surface area (Å²) in [5.41, 5.74) is 1.07. The molecule has 1 nitrogen and oxygen atoms in total. The van der Waals surface area contributed by atoms with E-state index in [1.165, 1.54) is 19.1 Å². The average Bonchev–Trinajstić information content (AvgIpc) is 2.01. The number of carbonyl (C=O) groups is 1. The SMILES string of the molecule is CC(=O)/C=C(\C)c1c(F)cccc1Br. The van der Waals surface area contributed by atoms with Gasteiger partial charge in [0.25, 0.3) is 0 Å². The summed E-state index contributed by atoms with van der Waals surface area (Å²) in [7, 11) is 0. The summed E-state index contributed by atoms with van der Waals surface area (Å²) in [6, 6.07) is 4.73. The van der Waals surface area contributed by atoms with Crippen molar-refractivity contribution >= 4 is 27.3 Å². The second-order valence-electron chi connectivity index (χ2n) is 3.03. The first-order valence-corrected chi connectivity index (χ1v) is 4.95. The van der Waals surface area contributed by atoms with Crippen molar-refractivity contribution in [2.75, 3.05) is 0 Å². The summed E-state index contributed by atoms with van der Waals surface area (Å²) in [4.78, 5) is 10.8. The van der Waals surface area contributed by atoms with Crippen LogP contribution in [0.2, 0.25) is 0 Å². The van der Waals surface area contributed by atoms with Crippen LogP contribution < -0.4 is 0 Å². The molecule has 1 aromatic rings. The molecular weight excluding hydrogens is 247 g/mol. The first kappa shape index (κ1) is 11.1. The molecule has 0 bridgehead atoms. The number of ketones is 1. The Balaban J connectivity index is 3.25. The molecule has 0 radical (unpaired) electrons. The maximum atomic E-state index is 13.4. The van der Waals surface area contributed by atoms with Gasteiger partial charge in [0.1, 0.15) is 5.82 Å². The van der Waals surface area contributed by atoms with Crippen molar-refractivity contribution in [2.45, 2.75) is 13.8 Å². The highest BCUT2D eigenvalue weighted by Gasteiger charge is 2.08. The minimum Gasteiger partial charge on any atom is -0.295 e. The molecule has 1 aromatic carbocycles. The lowest BCUT2D eigenvalue weighted by Gasteiger charge is -2.05. The molecule has 0 aromatic heterocycles. The molecule has 0 saturated carbocycles. The molecule has 0 fully saturated rings. The Kier molecular flexibility index (Phi) is 3.58. The predicted molar refractivity (Wildman–Crippen MR) is 58.4 cm³/mol. The Hall–Kier alpha value is -0.960. The van der Waals surface area contributed by atoms with Crippen LogP contribution in [0.25, 0.3) is 5.57 Å². The second kappa shape index (κ2) is 4.51. The average molecular weight is 257 g/mol. The minimum atomic E-state index is -0.325. The third-order valence-corrected chi connectivity index (χ3v) is 2.44. The molecule has 0 aliphatic heterocycles. The second-order valence-corrected chi connectivity index (χ2v) is 3.89. The molecule has 0 spiro atoms. The zero-order valence-corrected chi connectivity index (χ0v) is 9.56. The Morgan fingerprint density at radius 2 is 2.07 bits per heavy atom. The third-order valence-electron chi connectivity index (χ3n) is 1.78. The molecule has 3 heteroatoms. The number of rotatable bonds is 2. The van der Waals surface area contributed by atoms with E-state index >= 15 is 0 Å². The topological polar surface area (TPSA) is 17.1 Å². The van der Waals surface area contributed by atoms with E-state index in [1.807, 2.05) is 0 Å². The fourth-order valence-electron chi connectivity index (χ4n) is 1.25. The highest BCUT2D eigenvalue weighted by atomic mass is 79.9. The number of allylic oxidation sites excluding steroid dienone is 2. The Bertz CT molecular complexity index is 376. The van der Waals surface area contributed by atoms with E-state index in [9.17, 15) is 9.18 Å². The monoisotopic (exact) mass is 256 g/mol. The van der Waals surface area contributed by atoms with Crippen molar-refractivity contribution in [1.29, 1.82) is 0 Å². The quantitative estimate of drug-likeness (QED) is 0.740. The van der Waals surface area contributed by atoms with Crippen LogP contribution in [0.15, 0.2) is 28.7 Å². The molecule has 74 valence electrons. The van der Waals surface area contributed by atoms with Crippen molar-refractivity contribution in [1.82, 2.24) is 0 Å². The first-order chi connectivity index (χ1) is 6.52. The van der Waals surface area contributed by atoms with Crippen molar-refractivity contribution in [3.8, 4) is 0 Å². The van der Waals surface area contributed by atoms with Gasteiger partial charge in [0.05, 0.1) is 0 Å². The van der Waals surface area contributed by atoms with E-state index < -0.39 is 0 Å². The highest BCUT2D eigenvalue weighted by Crippen LogP contribution is 2.26. The standard InChI is InChI=1S/C11H10BrFO/c1-7(6-8(2)14)11-9(12)4-3-5-10(11)13/h3-6H,1-2H3/b7-6+. The van der Waals surface area contributed by atoms with E-state index in [-0.39, 0.29) is 11.6 Å². The molecule has 0 unspecified atom stereocenters. The lowest BCUT2D eigenvalue weighted by molar-refractivity contribution is -0.112. The molecule has 0 heterocycles. The third kappa shape index (κ3) is 2.51. The van der Waals surface area contributed by atoms with Gasteiger partial charge in [0, 0.05) is 10.0 Å². The van der Waals surface area contributed by atoms with Gasteiger partial charge in [-0.3, -0.25) is 4.79 Å². The van der Waals surface area contributed by atoms with Crippen LogP contribution in [0.4, 0.5) is 4.39 Å². The number of carbonyl (C=O) groups excluding carboxylic acids is 1. The number of hydrogen-bond donors (Lipinski definition) is 0. The van der Waals surface area contributed by atoms with Crippen molar-refractivity contribution < 1.29 is 9.18 Å². The summed E-state index contributed by atoms with van der Waals surface area (Å²) < 4.78 is 14.0. The smallest absolute Gasteiger partial charge is 0.152 e. The van der Waals surface area contributed by atoms with Crippen LogP contribution in [0.1, 0.15) is 19.4 Å². The largest absolute Gasteiger partial charge is 0.295 e. The van der Waals surface area contributed by atoms with Gasteiger partial charge in [0.15, 0.2) is 5.78 Å². The molecule has 0 N–H and O–H groups in total. The molecule has 0 aliphatic rings. The van der Waals surface area contributed by atoms with Crippen LogP contribution in [0, 0.1) is 5.82 Å². The first-order valence-electron chi connectivity index (χ1n) is 4.15. The molecular formula is C11H10BrFO. The van der Waals surface area contributed by atoms with Crippen molar-refractivity contribution in [2.24, 2.45) is 0 Å². The summed E-state index contributed by atoms with van der Waals surface area (Å²) in [5, 5.41) is 0. The van der Waals surface area contributed by atoms with Crippen molar-refractivity contribution in [3.63, 3.8) is 0 Å². The number of halogens is 2. The Morgan fingerprint density at radius 1 is 1.43 bits per heavy atom. The Morgan fingerprint density at radius 3 is 2.57 bits per heavy atom. The van der Waals surface area contributed by atoms with Gasteiger partial charge in [0.2, 0.25) is 0 Å². The molecule has 0 atom stereocenters. The fourth-order valence-corrected chi connectivity index (χ4v) is 1.91. The zero-order valence-electron chi connectivity index (χ0n) is 7.97. The zero-order chi connectivity index (χ0) is 10.7. The van der Waals surface area contributed by atoms with E-state index in [1.54, 1.807) is 19.1 Å². The highest BCUT2D eigenvalue weighted by molar-refractivity contribution is 9.10. The minimum absolute atomic E-state index is 0.0855. The van der Waals surface area contributed by atoms with Gasteiger partial charge < -0.3 is 0 Å². The number of benzene rings is 1. The van der Waals surface area contributed by atoms with Gasteiger partial charge in [-0.05, 0) is 37.6 Å². The molecule has 0 amide bonds. The van der Waals surface area contributed by atoms with Gasteiger partial charge in [-0.1, -0.05) is 22.0 Å². The molecule has 14 heavy (non-hydrogen) atoms. The summed E-state index contributed by atoms with van der Waals surface area (Å²) in [5.74, 6) is -0.410. The Labute approximate surface area is 90.8 Å². The molecule has 0 saturated heterocycles. The fraction of sp³-hybridized carbons (Fsp3) is 0.182. The van der Waals surface area contributed by atoms with Crippen LogP contribution in [-0.4, -0.2) is 5.78 Å². The number of hydrogen-bond acceptors (Lipinski definition) is 1. The van der Waals surface area contributed by atoms with Crippen LogP contribution in [-0.2, 0) is 4.79 Å². The van der Waals surface area contributed by atoms with Crippen LogP contribution in [0.5, 0.6) is 0 Å². The maximum Gasteiger partial charge on any atom is 0.152 e.